The molecular formula is C13H24ClN3O. The Balaban J connectivity index is 0.00000162. The van der Waals surface area contributed by atoms with E-state index in [1.807, 2.05) is 20.0 Å². The summed E-state index contributed by atoms with van der Waals surface area (Å²) in [6.45, 7) is 6.41. The molecule has 1 saturated heterocycles. The number of nitrogens with zero attached hydrogens (tertiary/aromatic N) is 2. The van der Waals surface area contributed by atoms with Gasteiger partial charge in [-0.1, -0.05) is 5.16 Å². The van der Waals surface area contributed by atoms with Gasteiger partial charge < -0.3 is 9.84 Å². The van der Waals surface area contributed by atoms with Crippen LogP contribution in [-0.2, 0) is 6.54 Å². The molecular weight excluding hydrogens is 250 g/mol. The topological polar surface area (TPSA) is 41.3 Å². The molecule has 0 unspecified atom stereocenters. The largest absolute Gasteiger partial charge is 0.360 e. The molecule has 0 amide bonds. The zero-order valence-corrected chi connectivity index (χ0v) is 12.1. The molecule has 1 aromatic rings. The second-order valence-electron chi connectivity index (χ2n) is 5.05. The molecule has 1 aliphatic heterocycles. The predicted octanol–water partition coefficient (Wildman–Crippen LogP) is 2.23. The number of aromatic nitrogens is 1. The monoisotopic (exact) mass is 273 g/mol. The number of halogens is 1. The van der Waals surface area contributed by atoms with E-state index in [0.717, 1.165) is 30.5 Å². The third kappa shape index (κ3) is 4.59. The van der Waals surface area contributed by atoms with Gasteiger partial charge in [0.15, 0.2) is 5.76 Å². The van der Waals surface area contributed by atoms with Crippen molar-refractivity contribution in [2.24, 2.45) is 5.92 Å². The van der Waals surface area contributed by atoms with Crippen LogP contribution in [-0.4, -0.2) is 36.7 Å². The van der Waals surface area contributed by atoms with Crippen molar-refractivity contribution in [3.8, 4) is 0 Å². The minimum atomic E-state index is 0. The number of piperidine rings is 1. The maximum Gasteiger partial charge on any atom is 0.150 e. The molecule has 1 fully saturated rings. The highest BCUT2D eigenvalue weighted by Crippen LogP contribution is 2.21. The molecule has 0 aliphatic carbocycles. The van der Waals surface area contributed by atoms with Gasteiger partial charge in [0.2, 0.25) is 0 Å². The summed E-state index contributed by atoms with van der Waals surface area (Å²) in [5.74, 6) is 1.89. The van der Waals surface area contributed by atoms with Crippen molar-refractivity contribution in [3.63, 3.8) is 0 Å². The van der Waals surface area contributed by atoms with Crippen LogP contribution in [0.4, 0.5) is 0 Å². The highest BCUT2D eigenvalue weighted by atomic mass is 35.5. The van der Waals surface area contributed by atoms with Crippen LogP contribution in [0.1, 0.15) is 30.7 Å². The molecule has 1 N–H and O–H groups in total. The molecule has 104 valence electrons. The van der Waals surface area contributed by atoms with Gasteiger partial charge in [0, 0.05) is 6.07 Å². The van der Waals surface area contributed by atoms with Gasteiger partial charge in [-0.15, -0.1) is 12.4 Å². The van der Waals surface area contributed by atoms with Crippen molar-refractivity contribution in [1.82, 2.24) is 15.4 Å². The minimum Gasteiger partial charge on any atom is -0.360 e. The first kappa shape index (κ1) is 15.5. The third-order valence-electron chi connectivity index (χ3n) is 3.57. The van der Waals surface area contributed by atoms with Crippen LogP contribution in [0.2, 0.25) is 0 Å². The van der Waals surface area contributed by atoms with Crippen LogP contribution in [0.25, 0.3) is 0 Å². The molecule has 2 heterocycles. The lowest BCUT2D eigenvalue weighted by molar-refractivity contribution is 0.157. The number of aryl methyl sites for hydroxylation is 1. The van der Waals surface area contributed by atoms with E-state index in [1.54, 1.807) is 0 Å². The van der Waals surface area contributed by atoms with E-state index >= 15 is 0 Å². The van der Waals surface area contributed by atoms with Gasteiger partial charge in [-0.2, -0.15) is 0 Å². The minimum absolute atomic E-state index is 0. The first-order valence-electron chi connectivity index (χ1n) is 6.57. The quantitative estimate of drug-likeness (QED) is 0.893. The fourth-order valence-electron chi connectivity index (χ4n) is 2.49. The Labute approximate surface area is 116 Å². The average Bonchev–Trinajstić information content (AvgIpc) is 2.74. The summed E-state index contributed by atoms with van der Waals surface area (Å²) in [5, 5.41) is 7.16. The number of rotatable bonds is 5. The molecule has 18 heavy (non-hydrogen) atoms. The number of hydrogen-bond acceptors (Lipinski definition) is 4. The molecule has 1 aliphatic rings. The van der Waals surface area contributed by atoms with Crippen molar-refractivity contribution in [3.05, 3.63) is 17.5 Å². The maximum atomic E-state index is 5.26. The Morgan fingerprint density at radius 3 is 2.72 bits per heavy atom. The number of hydrogen-bond donors (Lipinski definition) is 1. The summed E-state index contributed by atoms with van der Waals surface area (Å²) in [6, 6.07) is 2.03. The summed E-state index contributed by atoms with van der Waals surface area (Å²) in [6.07, 6.45) is 3.94. The lowest BCUT2D eigenvalue weighted by atomic mass is 9.93. The molecule has 0 bridgehead atoms. The summed E-state index contributed by atoms with van der Waals surface area (Å²) in [7, 11) is 2.03. The molecule has 0 aromatic carbocycles. The van der Waals surface area contributed by atoms with E-state index in [1.165, 1.54) is 32.4 Å². The summed E-state index contributed by atoms with van der Waals surface area (Å²) < 4.78 is 5.26. The Morgan fingerprint density at radius 2 is 2.17 bits per heavy atom. The Bertz CT molecular complexity index is 335. The van der Waals surface area contributed by atoms with Gasteiger partial charge in [-0.3, -0.25) is 4.90 Å². The Hall–Kier alpha value is -0.580. The third-order valence-corrected chi connectivity index (χ3v) is 3.57. The van der Waals surface area contributed by atoms with Gasteiger partial charge in [0.25, 0.3) is 0 Å². The lowest BCUT2D eigenvalue weighted by Crippen LogP contribution is -2.33. The van der Waals surface area contributed by atoms with Crippen LogP contribution < -0.4 is 5.32 Å². The smallest absolute Gasteiger partial charge is 0.150 e. The van der Waals surface area contributed by atoms with Gasteiger partial charge >= 0.3 is 0 Å². The van der Waals surface area contributed by atoms with Gasteiger partial charge in [0.05, 0.1) is 12.2 Å². The molecule has 5 heteroatoms. The normalized spacial score (nSPS) is 17.7. The van der Waals surface area contributed by atoms with Gasteiger partial charge in [-0.05, 0) is 58.8 Å². The van der Waals surface area contributed by atoms with E-state index in [2.05, 4.69) is 15.4 Å². The van der Waals surface area contributed by atoms with Crippen LogP contribution in [0, 0.1) is 12.8 Å². The zero-order valence-electron chi connectivity index (χ0n) is 11.3. The van der Waals surface area contributed by atoms with E-state index in [0.29, 0.717) is 0 Å². The van der Waals surface area contributed by atoms with E-state index in [4.69, 9.17) is 4.52 Å². The van der Waals surface area contributed by atoms with Crippen LogP contribution in [0.15, 0.2) is 10.6 Å². The molecule has 0 saturated carbocycles. The predicted molar refractivity (Wildman–Crippen MR) is 75.0 cm³/mol. The molecule has 0 radical (unpaired) electrons. The standard InChI is InChI=1S/C13H23N3O.ClH/c1-11-9-13(17-15-11)10-16-7-4-12(5-8-16)3-6-14-2;/h9,12,14H,3-8,10H2,1-2H3;1H. The summed E-state index contributed by atoms with van der Waals surface area (Å²) in [5.41, 5.74) is 0.976. The highest BCUT2D eigenvalue weighted by molar-refractivity contribution is 5.85. The van der Waals surface area contributed by atoms with E-state index in [9.17, 15) is 0 Å². The first-order valence-corrected chi connectivity index (χ1v) is 6.57. The Kier molecular flexibility index (Phi) is 6.68. The van der Waals surface area contributed by atoms with Crippen LogP contribution >= 0.6 is 12.4 Å². The fourth-order valence-corrected chi connectivity index (χ4v) is 2.49. The van der Waals surface area contributed by atoms with Crippen molar-refractivity contribution >= 4 is 12.4 Å². The highest BCUT2D eigenvalue weighted by Gasteiger charge is 2.19. The Morgan fingerprint density at radius 1 is 1.44 bits per heavy atom. The molecule has 4 nitrogen and oxygen atoms in total. The second-order valence-corrected chi connectivity index (χ2v) is 5.05. The summed E-state index contributed by atoms with van der Waals surface area (Å²) >= 11 is 0. The van der Waals surface area contributed by atoms with Gasteiger partial charge in [-0.25, -0.2) is 0 Å². The molecule has 1 aromatic heterocycles. The van der Waals surface area contributed by atoms with Crippen LogP contribution in [0.3, 0.4) is 0 Å². The fraction of sp³-hybridized carbons (Fsp3) is 0.769. The summed E-state index contributed by atoms with van der Waals surface area (Å²) in [4.78, 5) is 2.47. The van der Waals surface area contributed by atoms with Crippen molar-refractivity contribution < 1.29 is 4.52 Å². The molecule has 0 atom stereocenters. The van der Waals surface area contributed by atoms with Crippen LogP contribution in [0.5, 0.6) is 0 Å². The molecule has 0 spiro atoms. The average molecular weight is 274 g/mol. The maximum absolute atomic E-state index is 5.26. The number of nitrogens with one attached hydrogen (secondary N) is 1. The van der Waals surface area contributed by atoms with E-state index < -0.39 is 0 Å². The molecule has 2 rings (SSSR count). The number of likely N-dealkylation sites (tertiary alicyclic amines) is 1. The van der Waals surface area contributed by atoms with Crippen molar-refractivity contribution in [2.45, 2.75) is 32.7 Å². The SMILES string of the molecule is CNCCC1CCN(Cc2cc(C)no2)CC1.Cl. The van der Waals surface area contributed by atoms with E-state index in [-0.39, 0.29) is 12.4 Å². The lowest BCUT2D eigenvalue weighted by Gasteiger charge is -2.31. The van der Waals surface area contributed by atoms with Gasteiger partial charge in [0.1, 0.15) is 0 Å². The van der Waals surface area contributed by atoms with Crippen molar-refractivity contribution in [1.29, 1.82) is 0 Å². The first-order chi connectivity index (χ1) is 8.28. The second kappa shape index (κ2) is 7.77. The van der Waals surface area contributed by atoms with Crippen molar-refractivity contribution in [2.75, 3.05) is 26.7 Å². The zero-order chi connectivity index (χ0) is 12.1.